The number of methoxy groups -OCH3 is 1. The number of hydrogen-bond donors (Lipinski definition) is 1. The standard InChI is InChI=1S/C11H25NO3S/c1-6-11(7-2,15-4)10(12-3)8-9-16(5,13)14/h10,12H,6-9H2,1-5H3. The Bertz CT molecular complexity index is 275. The lowest BCUT2D eigenvalue weighted by Gasteiger charge is -2.38. The SMILES string of the molecule is CCC(CC)(OC)C(CCS(C)(=O)=O)NC. The van der Waals surface area contributed by atoms with Crippen LogP contribution in [0.1, 0.15) is 33.1 Å². The molecular weight excluding hydrogens is 226 g/mol. The van der Waals surface area contributed by atoms with E-state index in [1.54, 1.807) is 7.11 Å². The quantitative estimate of drug-likeness (QED) is 0.704. The minimum atomic E-state index is -2.91. The van der Waals surface area contributed by atoms with Crippen molar-refractivity contribution >= 4 is 9.84 Å². The van der Waals surface area contributed by atoms with Crippen molar-refractivity contribution in [1.29, 1.82) is 0 Å². The number of rotatable bonds is 8. The van der Waals surface area contributed by atoms with Gasteiger partial charge in [0.2, 0.25) is 0 Å². The lowest BCUT2D eigenvalue weighted by Crippen LogP contribution is -2.51. The Balaban J connectivity index is 4.69. The average Bonchev–Trinajstić information content (AvgIpc) is 2.23. The Morgan fingerprint density at radius 2 is 1.81 bits per heavy atom. The third kappa shape index (κ3) is 4.39. The van der Waals surface area contributed by atoms with Crippen LogP contribution in [0.4, 0.5) is 0 Å². The molecule has 98 valence electrons. The lowest BCUT2D eigenvalue weighted by atomic mass is 9.86. The Morgan fingerprint density at radius 1 is 1.31 bits per heavy atom. The van der Waals surface area contributed by atoms with Gasteiger partial charge in [-0.25, -0.2) is 8.42 Å². The summed E-state index contributed by atoms with van der Waals surface area (Å²) in [5, 5.41) is 3.18. The molecule has 1 unspecified atom stereocenters. The largest absolute Gasteiger partial charge is 0.377 e. The Hall–Kier alpha value is -0.130. The molecule has 0 aromatic rings. The van der Waals surface area contributed by atoms with Crippen molar-refractivity contribution in [3.63, 3.8) is 0 Å². The highest BCUT2D eigenvalue weighted by molar-refractivity contribution is 7.90. The first-order chi connectivity index (χ1) is 7.35. The zero-order chi connectivity index (χ0) is 12.8. The van der Waals surface area contributed by atoms with Crippen LogP contribution in [0.25, 0.3) is 0 Å². The zero-order valence-electron chi connectivity index (χ0n) is 11.0. The topological polar surface area (TPSA) is 55.4 Å². The molecule has 0 rings (SSSR count). The van der Waals surface area contributed by atoms with Crippen LogP contribution in [-0.2, 0) is 14.6 Å². The van der Waals surface area contributed by atoms with Gasteiger partial charge in [-0.3, -0.25) is 0 Å². The molecule has 0 saturated carbocycles. The highest BCUT2D eigenvalue weighted by Crippen LogP contribution is 2.26. The second-order valence-electron chi connectivity index (χ2n) is 4.24. The van der Waals surface area contributed by atoms with Crippen molar-refractivity contribution in [3.05, 3.63) is 0 Å². The van der Waals surface area contributed by atoms with Crippen LogP contribution in [-0.4, -0.2) is 46.2 Å². The van der Waals surface area contributed by atoms with Gasteiger partial charge in [0.05, 0.1) is 11.4 Å². The van der Waals surface area contributed by atoms with Crippen LogP contribution < -0.4 is 5.32 Å². The molecule has 0 spiro atoms. The van der Waals surface area contributed by atoms with Crippen molar-refractivity contribution in [2.24, 2.45) is 0 Å². The second-order valence-corrected chi connectivity index (χ2v) is 6.50. The molecule has 1 atom stereocenters. The molecule has 0 amide bonds. The number of sulfone groups is 1. The molecule has 16 heavy (non-hydrogen) atoms. The summed E-state index contributed by atoms with van der Waals surface area (Å²) in [7, 11) is 0.636. The maximum Gasteiger partial charge on any atom is 0.147 e. The third-order valence-corrected chi connectivity index (χ3v) is 4.34. The van der Waals surface area contributed by atoms with Crippen molar-refractivity contribution < 1.29 is 13.2 Å². The highest BCUT2D eigenvalue weighted by Gasteiger charge is 2.34. The molecule has 0 saturated heterocycles. The van der Waals surface area contributed by atoms with Crippen LogP contribution in [0.15, 0.2) is 0 Å². The van der Waals surface area contributed by atoms with Crippen molar-refractivity contribution in [2.45, 2.75) is 44.8 Å². The van der Waals surface area contributed by atoms with Crippen LogP contribution in [0, 0.1) is 0 Å². The third-order valence-electron chi connectivity index (χ3n) is 3.36. The maximum atomic E-state index is 11.2. The summed E-state index contributed by atoms with van der Waals surface area (Å²) in [5.74, 6) is 0.198. The van der Waals surface area contributed by atoms with E-state index in [9.17, 15) is 8.42 Å². The fourth-order valence-corrected chi connectivity index (χ4v) is 2.84. The number of hydrogen-bond acceptors (Lipinski definition) is 4. The molecule has 0 radical (unpaired) electrons. The van der Waals surface area contributed by atoms with E-state index >= 15 is 0 Å². The first kappa shape index (κ1) is 15.9. The molecule has 0 aromatic carbocycles. The van der Waals surface area contributed by atoms with Gasteiger partial charge in [-0.1, -0.05) is 13.8 Å². The lowest BCUT2D eigenvalue weighted by molar-refractivity contribution is -0.0462. The molecule has 0 aliphatic carbocycles. The molecule has 4 nitrogen and oxygen atoms in total. The fraction of sp³-hybridized carbons (Fsp3) is 1.00. The Kier molecular flexibility index (Phi) is 6.51. The number of ether oxygens (including phenoxy) is 1. The number of nitrogens with one attached hydrogen (secondary N) is 1. The molecule has 0 fully saturated rings. The van der Waals surface area contributed by atoms with Gasteiger partial charge in [0.25, 0.3) is 0 Å². The second kappa shape index (κ2) is 6.57. The van der Waals surface area contributed by atoms with Gasteiger partial charge < -0.3 is 10.1 Å². The minimum Gasteiger partial charge on any atom is -0.377 e. The smallest absolute Gasteiger partial charge is 0.147 e. The first-order valence-corrected chi connectivity index (χ1v) is 7.81. The molecule has 0 bridgehead atoms. The van der Waals surface area contributed by atoms with Gasteiger partial charge in [-0.2, -0.15) is 0 Å². The van der Waals surface area contributed by atoms with E-state index in [2.05, 4.69) is 19.2 Å². The van der Waals surface area contributed by atoms with Crippen molar-refractivity contribution in [3.8, 4) is 0 Å². The van der Waals surface area contributed by atoms with Crippen LogP contribution in [0.3, 0.4) is 0 Å². The summed E-state index contributed by atoms with van der Waals surface area (Å²) in [6.45, 7) is 4.13. The normalized spacial score (nSPS) is 15.1. The summed E-state index contributed by atoms with van der Waals surface area (Å²) in [6.07, 6.45) is 3.60. The van der Waals surface area contributed by atoms with Gasteiger partial charge in [-0.15, -0.1) is 0 Å². The summed E-state index contributed by atoms with van der Waals surface area (Å²) in [4.78, 5) is 0. The highest BCUT2D eigenvalue weighted by atomic mass is 32.2. The molecule has 0 aliphatic rings. The van der Waals surface area contributed by atoms with Gasteiger partial charge in [0.15, 0.2) is 0 Å². The molecule has 1 N–H and O–H groups in total. The zero-order valence-corrected chi connectivity index (χ0v) is 11.9. The predicted octanol–water partition coefficient (Wildman–Crippen LogP) is 1.21. The summed E-state index contributed by atoms with van der Waals surface area (Å²) in [5.41, 5.74) is -0.264. The maximum absolute atomic E-state index is 11.2. The Morgan fingerprint density at radius 3 is 2.06 bits per heavy atom. The molecule has 5 heteroatoms. The molecule has 0 aromatic heterocycles. The van der Waals surface area contributed by atoms with Gasteiger partial charge in [0.1, 0.15) is 9.84 Å². The number of likely N-dealkylation sites (N-methyl/N-ethyl adjacent to an activating group) is 1. The van der Waals surface area contributed by atoms with E-state index < -0.39 is 9.84 Å². The monoisotopic (exact) mass is 251 g/mol. The predicted molar refractivity (Wildman–Crippen MR) is 67.5 cm³/mol. The fourth-order valence-electron chi connectivity index (χ4n) is 2.18. The Labute approximate surface area is 99.7 Å². The van der Waals surface area contributed by atoms with E-state index in [-0.39, 0.29) is 17.4 Å². The molecule has 0 heterocycles. The van der Waals surface area contributed by atoms with Gasteiger partial charge in [0, 0.05) is 19.4 Å². The van der Waals surface area contributed by atoms with Crippen LogP contribution in [0.2, 0.25) is 0 Å². The first-order valence-electron chi connectivity index (χ1n) is 5.75. The van der Waals surface area contributed by atoms with E-state index in [0.717, 1.165) is 12.8 Å². The van der Waals surface area contributed by atoms with Crippen LogP contribution in [0.5, 0.6) is 0 Å². The summed E-state index contributed by atoms with van der Waals surface area (Å²) < 4.78 is 27.9. The van der Waals surface area contributed by atoms with Crippen molar-refractivity contribution in [1.82, 2.24) is 5.32 Å². The molecular formula is C11H25NO3S. The summed E-state index contributed by atoms with van der Waals surface area (Å²) in [6, 6.07) is 0.0715. The van der Waals surface area contributed by atoms with Crippen LogP contribution >= 0.6 is 0 Å². The van der Waals surface area contributed by atoms with E-state index in [0.29, 0.717) is 6.42 Å². The molecule has 0 aliphatic heterocycles. The minimum absolute atomic E-state index is 0.0715. The van der Waals surface area contributed by atoms with E-state index in [4.69, 9.17) is 4.74 Å². The van der Waals surface area contributed by atoms with Gasteiger partial charge >= 0.3 is 0 Å². The summed E-state index contributed by atoms with van der Waals surface area (Å²) >= 11 is 0. The average molecular weight is 251 g/mol. The van der Waals surface area contributed by atoms with E-state index in [1.807, 2.05) is 7.05 Å². The van der Waals surface area contributed by atoms with Crippen molar-refractivity contribution in [2.75, 3.05) is 26.2 Å². The van der Waals surface area contributed by atoms with E-state index in [1.165, 1.54) is 6.26 Å². The van der Waals surface area contributed by atoms with Gasteiger partial charge in [-0.05, 0) is 26.3 Å².